The molecule has 11 nitrogen and oxygen atoms in total. The van der Waals surface area contributed by atoms with Gasteiger partial charge in [0.05, 0.1) is 36.5 Å². The van der Waals surface area contributed by atoms with Gasteiger partial charge in [-0.25, -0.2) is 14.5 Å². The quantitative estimate of drug-likeness (QED) is 0.379. The number of pyridine rings is 1. The predicted octanol–water partition coefficient (Wildman–Crippen LogP) is 1.48. The van der Waals surface area contributed by atoms with Crippen LogP contribution in [0.3, 0.4) is 0 Å². The molecule has 0 radical (unpaired) electrons. The monoisotopic (exact) mass is 465 g/mol. The fourth-order valence-electron chi connectivity index (χ4n) is 4.06. The van der Waals surface area contributed by atoms with Crippen LogP contribution in [0.5, 0.6) is 5.88 Å². The lowest BCUT2D eigenvalue weighted by molar-refractivity contribution is -0.122. The van der Waals surface area contributed by atoms with E-state index in [0.29, 0.717) is 55.0 Å². The van der Waals surface area contributed by atoms with Gasteiger partial charge in [-0.05, 0) is 25.1 Å². The van der Waals surface area contributed by atoms with Gasteiger partial charge in [-0.3, -0.25) is 4.79 Å². The third-order valence-corrected chi connectivity index (χ3v) is 5.76. The summed E-state index contributed by atoms with van der Waals surface area (Å²) in [6.45, 7) is 5.62. The van der Waals surface area contributed by atoms with Gasteiger partial charge in [0.25, 0.3) is 0 Å². The second-order valence-electron chi connectivity index (χ2n) is 8.02. The molecule has 1 atom stereocenters. The normalized spacial score (nSPS) is 16.2. The molecular formula is C23H27N7O4. The van der Waals surface area contributed by atoms with Crippen LogP contribution in [0.25, 0.3) is 28.2 Å². The molecule has 5 heterocycles. The Balaban J connectivity index is 1.43. The number of piperazine rings is 1. The zero-order valence-corrected chi connectivity index (χ0v) is 19.2. The molecule has 0 saturated carbocycles. The van der Waals surface area contributed by atoms with Crippen LogP contribution in [0, 0.1) is 0 Å². The molecule has 1 aliphatic rings. The molecule has 0 unspecified atom stereocenters. The zero-order chi connectivity index (χ0) is 23.5. The molecule has 4 aromatic rings. The van der Waals surface area contributed by atoms with E-state index in [1.54, 1.807) is 30.1 Å². The van der Waals surface area contributed by atoms with Crippen LogP contribution in [0.4, 0.5) is 5.69 Å². The Morgan fingerprint density at radius 3 is 3.03 bits per heavy atom. The van der Waals surface area contributed by atoms with Gasteiger partial charge < -0.3 is 29.4 Å². The molecule has 178 valence electrons. The van der Waals surface area contributed by atoms with Crippen LogP contribution in [-0.4, -0.2) is 78.0 Å². The number of hydrogen-bond acceptors (Lipinski definition) is 9. The van der Waals surface area contributed by atoms with Gasteiger partial charge in [0.15, 0.2) is 11.4 Å². The maximum Gasteiger partial charge on any atom is 0.234 e. The van der Waals surface area contributed by atoms with E-state index < -0.39 is 0 Å². The number of nitrogens with one attached hydrogen (secondary N) is 2. The molecule has 34 heavy (non-hydrogen) atoms. The fraction of sp³-hybridized carbons (Fsp3) is 0.391. The molecular weight excluding hydrogens is 438 g/mol. The van der Waals surface area contributed by atoms with E-state index in [-0.39, 0.29) is 11.9 Å². The lowest BCUT2D eigenvalue weighted by atomic mass is 10.2. The van der Waals surface area contributed by atoms with Gasteiger partial charge in [0.2, 0.25) is 17.5 Å². The van der Waals surface area contributed by atoms with E-state index >= 15 is 0 Å². The highest BCUT2D eigenvalue weighted by atomic mass is 16.5. The van der Waals surface area contributed by atoms with Crippen molar-refractivity contribution < 1.29 is 18.7 Å². The number of anilines is 1. The summed E-state index contributed by atoms with van der Waals surface area (Å²) in [6, 6.07) is 7.44. The minimum atomic E-state index is -0.111. The summed E-state index contributed by atoms with van der Waals surface area (Å²) >= 11 is 0. The van der Waals surface area contributed by atoms with Gasteiger partial charge in [0, 0.05) is 39.0 Å². The van der Waals surface area contributed by atoms with Crippen LogP contribution in [0.2, 0.25) is 0 Å². The lowest BCUT2D eigenvalue weighted by Crippen LogP contribution is -2.54. The molecule has 0 aromatic carbocycles. The summed E-state index contributed by atoms with van der Waals surface area (Å²) < 4.78 is 18.9. The van der Waals surface area contributed by atoms with Gasteiger partial charge in [0.1, 0.15) is 12.3 Å². The Morgan fingerprint density at radius 2 is 2.21 bits per heavy atom. The van der Waals surface area contributed by atoms with Gasteiger partial charge in [-0.15, -0.1) is 5.10 Å². The van der Waals surface area contributed by atoms with E-state index in [2.05, 4.69) is 37.5 Å². The largest absolute Gasteiger partial charge is 0.474 e. The predicted molar refractivity (Wildman–Crippen MR) is 126 cm³/mol. The maximum absolute atomic E-state index is 11.6. The Hall–Kier alpha value is -3.70. The second-order valence-corrected chi connectivity index (χ2v) is 8.02. The van der Waals surface area contributed by atoms with E-state index in [0.717, 1.165) is 24.2 Å². The first-order valence-corrected chi connectivity index (χ1v) is 11.3. The molecule has 1 fully saturated rings. The molecule has 11 heteroatoms. The number of ether oxygens (including phenoxy) is 2. The van der Waals surface area contributed by atoms with Crippen LogP contribution >= 0.6 is 0 Å². The standard InChI is InChI=1S/C23H27N7O4/c1-3-29(8-9-32-2)17-6-7-25-23-16(17)10-19(34-23)18-12-26-20-4-5-22(28-30(18)20)33-14-15-11-24-13-21(31)27-15/h4-7,10,12,15,24H,3,8-9,11,13-14H2,1-2H3,(H,27,31)/t15-/m1/s1. The Bertz CT molecular complexity index is 1300. The van der Waals surface area contributed by atoms with E-state index in [1.165, 1.54) is 0 Å². The van der Waals surface area contributed by atoms with E-state index in [4.69, 9.17) is 13.9 Å². The summed E-state index contributed by atoms with van der Waals surface area (Å²) in [6.07, 6.45) is 3.47. The number of furan rings is 1. The highest BCUT2D eigenvalue weighted by molar-refractivity contribution is 5.91. The third-order valence-electron chi connectivity index (χ3n) is 5.76. The number of amides is 1. The third kappa shape index (κ3) is 4.39. The number of aromatic nitrogens is 4. The number of fused-ring (bicyclic) bond motifs is 2. The number of carbonyl (C=O) groups excluding carboxylic acids is 1. The van der Waals surface area contributed by atoms with Crippen LogP contribution in [0.1, 0.15) is 6.92 Å². The van der Waals surface area contributed by atoms with Crippen molar-refractivity contribution in [3.8, 4) is 17.3 Å². The molecule has 1 saturated heterocycles. The van der Waals surface area contributed by atoms with Crippen molar-refractivity contribution in [3.05, 3.63) is 36.7 Å². The number of carbonyl (C=O) groups is 1. The highest BCUT2D eigenvalue weighted by Crippen LogP contribution is 2.33. The van der Waals surface area contributed by atoms with Crippen molar-refractivity contribution in [3.63, 3.8) is 0 Å². The number of hydrogen-bond donors (Lipinski definition) is 2. The minimum Gasteiger partial charge on any atom is -0.474 e. The first-order valence-electron chi connectivity index (χ1n) is 11.3. The van der Waals surface area contributed by atoms with Crippen molar-refractivity contribution >= 4 is 28.3 Å². The van der Waals surface area contributed by atoms with Crippen LogP contribution in [-0.2, 0) is 9.53 Å². The summed E-state index contributed by atoms with van der Waals surface area (Å²) in [4.78, 5) is 22.6. The van der Waals surface area contributed by atoms with Gasteiger partial charge in [-0.1, -0.05) is 0 Å². The van der Waals surface area contributed by atoms with Crippen molar-refractivity contribution in [2.24, 2.45) is 0 Å². The SMILES string of the molecule is CCN(CCOC)c1ccnc2oc(-c3cnc4ccc(OC[C@H]5CNCC(=O)N5)nn34)cc12. The van der Waals surface area contributed by atoms with Crippen molar-refractivity contribution in [2.75, 3.05) is 51.4 Å². The smallest absolute Gasteiger partial charge is 0.234 e. The van der Waals surface area contributed by atoms with Crippen molar-refractivity contribution in [1.82, 2.24) is 30.2 Å². The zero-order valence-electron chi connectivity index (χ0n) is 19.2. The highest BCUT2D eigenvalue weighted by Gasteiger charge is 2.20. The molecule has 2 N–H and O–H groups in total. The number of nitrogens with zero attached hydrogens (tertiary/aromatic N) is 5. The number of methoxy groups -OCH3 is 1. The number of likely N-dealkylation sites (N-methyl/N-ethyl adjacent to an activating group) is 1. The van der Waals surface area contributed by atoms with E-state index in [9.17, 15) is 4.79 Å². The topological polar surface area (TPSA) is 119 Å². The first kappa shape index (κ1) is 22.1. The summed E-state index contributed by atoms with van der Waals surface area (Å²) in [5.41, 5.74) is 2.94. The van der Waals surface area contributed by atoms with Gasteiger partial charge >= 0.3 is 0 Å². The molecule has 1 aliphatic heterocycles. The first-order chi connectivity index (χ1) is 16.7. The van der Waals surface area contributed by atoms with Gasteiger partial charge in [-0.2, -0.15) is 0 Å². The molecule has 0 spiro atoms. The average Bonchev–Trinajstić information content (AvgIpc) is 3.47. The number of rotatable bonds is 9. The summed E-state index contributed by atoms with van der Waals surface area (Å²) in [5.74, 6) is 0.999. The number of imidazole rings is 1. The Labute approximate surface area is 196 Å². The fourth-order valence-corrected chi connectivity index (χ4v) is 4.06. The summed E-state index contributed by atoms with van der Waals surface area (Å²) in [7, 11) is 1.70. The minimum absolute atomic E-state index is 0.0399. The average molecular weight is 466 g/mol. The van der Waals surface area contributed by atoms with Crippen molar-refractivity contribution in [2.45, 2.75) is 13.0 Å². The molecule has 5 rings (SSSR count). The molecule has 1 amide bonds. The summed E-state index contributed by atoms with van der Waals surface area (Å²) in [5, 5.41) is 11.5. The Kier molecular flexibility index (Phi) is 6.28. The molecule has 4 aromatic heterocycles. The Morgan fingerprint density at radius 1 is 1.29 bits per heavy atom. The maximum atomic E-state index is 11.6. The second kappa shape index (κ2) is 9.65. The van der Waals surface area contributed by atoms with Crippen LogP contribution < -0.4 is 20.3 Å². The molecule has 0 bridgehead atoms. The molecule has 0 aliphatic carbocycles. The lowest BCUT2D eigenvalue weighted by Gasteiger charge is -2.23. The van der Waals surface area contributed by atoms with E-state index in [1.807, 2.05) is 18.2 Å². The van der Waals surface area contributed by atoms with Crippen molar-refractivity contribution in [1.29, 1.82) is 0 Å². The van der Waals surface area contributed by atoms with Crippen LogP contribution in [0.15, 0.2) is 41.1 Å².